The fourth-order valence-electron chi connectivity index (χ4n) is 4.05. The number of sulfonamides is 1. The van der Waals surface area contributed by atoms with Crippen molar-refractivity contribution in [1.82, 2.24) is 9.71 Å². The number of benzene rings is 1. The Morgan fingerprint density at radius 2 is 2.00 bits per heavy atom. The summed E-state index contributed by atoms with van der Waals surface area (Å²) in [6.07, 6.45) is 6.25. The smallest absolute Gasteiger partial charge is 0.241 e. The SMILES string of the molecule is CC1CC(NS(=O)(=O)c2cccc3cnccc23)CC(C)(C)C1. The number of aromatic nitrogens is 1. The first-order valence-electron chi connectivity index (χ1n) is 8.12. The molecule has 124 valence electrons. The molecule has 1 aliphatic carbocycles. The molecule has 0 amide bonds. The van der Waals surface area contributed by atoms with E-state index in [1.165, 1.54) is 0 Å². The normalized spacial score (nSPS) is 24.7. The first kappa shape index (κ1) is 16.4. The fourth-order valence-corrected chi connectivity index (χ4v) is 5.52. The van der Waals surface area contributed by atoms with E-state index in [-0.39, 0.29) is 11.5 Å². The third-order valence-corrected chi connectivity index (χ3v) is 6.22. The van der Waals surface area contributed by atoms with Crippen LogP contribution in [0, 0.1) is 11.3 Å². The Hall–Kier alpha value is -1.46. The summed E-state index contributed by atoms with van der Waals surface area (Å²) in [6, 6.07) is 7.08. The second kappa shape index (κ2) is 5.87. The van der Waals surface area contributed by atoms with Crippen LogP contribution < -0.4 is 4.72 Å². The molecule has 5 heteroatoms. The molecule has 0 bridgehead atoms. The Morgan fingerprint density at radius 1 is 1.22 bits per heavy atom. The second-order valence-corrected chi connectivity index (χ2v) is 9.27. The van der Waals surface area contributed by atoms with Gasteiger partial charge in [-0.1, -0.05) is 32.9 Å². The zero-order valence-corrected chi connectivity index (χ0v) is 14.7. The molecule has 0 radical (unpaired) electrons. The number of hydrogen-bond acceptors (Lipinski definition) is 3. The number of fused-ring (bicyclic) bond motifs is 1. The van der Waals surface area contributed by atoms with Crippen LogP contribution in [0.1, 0.15) is 40.0 Å². The minimum atomic E-state index is -3.54. The summed E-state index contributed by atoms with van der Waals surface area (Å²) in [4.78, 5) is 4.41. The molecule has 1 aliphatic rings. The van der Waals surface area contributed by atoms with Crippen molar-refractivity contribution in [3.8, 4) is 0 Å². The van der Waals surface area contributed by atoms with Gasteiger partial charge < -0.3 is 0 Å². The van der Waals surface area contributed by atoms with Gasteiger partial charge in [0.25, 0.3) is 0 Å². The number of nitrogens with one attached hydrogen (secondary N) is 1. The lowest BCUT2D eigenvalue weighted by atomic mass is 9.71. The van der Waals surface area contributed by atoms with Crippen LogP contribution in [-0.2, 0) is 10.0 Å². The molecule has 0 saturated heterocycles. The lowest BCUT2D eigenvalue weighted by molar-refractivity contribution is 0.163. The number of pyridine rings is 1. The van der Waals surface area contributed by atoms with E-state index in [1.807, 2.05) is 6.07 Å². The molecule has 4 nitrogen and oxygen atoms in total. The number of nitrogens with zero attached hydrogens (tertiary/aromatic N) is 1. The van der Waals surface area contributed by atoms with Gasteiger partial charge in [0.2, 0.25) is 10.0 Å². The first-order chi connectivity index (χ1) is 10.8. The van der Waals surface area contributed by atoms with E-state index >= 15 is 0 Å². The molecule has 0 spiro atoms. The van der Waals surface area contributed by atoms with Crippen LogP contribution in [0.2, 0.25) is 0 Å². The van der Waals surface area contributed by atoms with Crippen LogP contribution in [0.25, 0.3) is 10.8 Å². The summed E-state index contributed by atoms with van der Waals surface area (Å²) in [7, 11) is -3.54. The van der Waals surface area contributed by atoms with Crippen molar-refractivity contribution in [2.45, 2.75) is 51.0 Å². The van der Waals surface area contributed by atoms with Gasteiger partial charge in [-0.15, -0.1) is 0 Å². The van der Waals surface area contributed by atoms with Gasteiger partial charge in [-0.25, -0.2) is 13.1 Å². The van der Waals surface area contributed by atoms with Crippen LogP contribution in [0.15, 0.2) is 41.6 Å². The quantitative estimate of drug-likeness (QED) is 0.932. The molecule has 1 aromatic carbocycles. The molecule has 3 rings (SSSR count). The topological polar surface area (TPSA) is 59.1 Å². The molecule has 2 unspecified atom stereocenters. The monoisotopic (exact) mass is 332 g/mol. The molecule has 1 fully saturated rings. The summed E-state index contributed by atoms with van der Waals surface area (Å²) < 4.78 is 28.7. The first-order valence-corrected chi connectivity index (χ1v) is 9.60. The third-order valence-electron chi connectivity index (χ3n) is 4.64. The summed E-state index contributed by atoms with van der Waals surface area (Å²) in [5.41, 5.74) is 0.174. The molecule has 1 N–H and O–H groups in total. The standard InChI is InChI=1S/C18H24N2O2S/c1-13-9-15(11-18(2,3)10-13)20-23(21,22)17-6-4-5-14-12-19-8-7-16(14)17/h4-8,12-13,15,20H,9-11H2,1-3H3. The Morgan fingerprint density at radius 3 is 2.74 bits per heavy atom. The maximum absolute atomic E-state index is 12.9. The van der Waals surface area contributed by atoms with E-state index in [1.54, 1.807) is 30.6 Å². The van der Waals surface area contributed by atoms with Gasteiger partial charge in [0.15, 0.2) is 0 Å². The van der Waals surface area contributed by atoms with Crippen molar-refractivity contribution < 1.29 is 8.42 Å². The molecule has 2 atom stereocenters. The molecular formula is C18H24N2O2S. The van der Waals surface area contributed by atoms with Gasteiger partial charge in [-0.3, -0.25) is 4.98 Å². The zero-order chi connectivity index (χ0) is 16.7. The van der Waals surface area contributed by atoms with Crippen molar-refractivity contribution in [1.29, 1.82) is 0 Å². The van der Waals surface area contributed by atoms with E-state index in [4.69, 9.17) is 0 Å². The highest BCUT2D eigenvalue weighted by Gasteiger charge is 2.34. The van der Waals surface area contributed by atoms with E-state index in [0.29, 0.717) is 10.8 Å². The minimum absolute atomic E-state index is 0.00385. The molecule has 2 aromatic rings. The Kier molecular flexibility index (Phi) is 4.19. The molecule has 1 heterocycles. The van der Waals surface area contributed by atoms with Crippen molar-refractivity contribution in [2.75, 3.05) is 0 Å². The van der Waals surface area contributed by atoms with E-state index in [9.17, 15) is 8.42 Å². The maximum atomic E-state index is 12.9. The van der Waals surface area contributed by atoms with Gasteiger partial charge >= 0.3 is 0 Å². The summed E-state index contributed by atoms with van der Waals surface area (Å²) in [5, 5.41) is 1.56. The number of hydrogen-bond donors (Lipinski definition) is 1. The average Bonchev–Trinajstić information content (AvgIpc) is 2.43. The number of rotatable bonds is 3. The van der Waals surface area contributed by atoms with E-state index in [0.717, 1.165) is 30.0 Å². The molecule has 23 heavy (non-hydrogen) atoms. The predicted octanol–water partition coefficient (Wildman–Crippen LogP) is 3.73. The largest absolute Gasteiger partial charge is 0.264 e. The lowest BCUT2D eigenvalue weighted by Gasteiger charge is -2.39. The van der Waals surface area contributed by atoms with Crippen molar-refractivity contribution >= 4 is 20.8 Å². The van der Waals surface area contributed by atoms with Crippen molar-refractivity contribution in [3.63, 3.8) is 0 Å². The van der Waals surface area contributed by atoms with Crippen LogP contribution in [0.5, 0.6) is 0 Å². The van der Waals surface area contributed by atoms with Crippen LogP contribution in [0.3, 0.4) is 0 Å². The van der Waals surface area contributed by atoms with Crippen molar-refractivity contribution in [3.05, 3.63) is 36.7 Å². The average molecular weight is 332 g/mol. The van der Waals surface area contributed by atoms with Gasteiger partial charge in [0.1, 0.15) is 0 Å². The zero-order valence-electron chi connectivity index (χ0n) is 13.9. The van der Waals surface area contributed by atoms with E-state index < -0.39 is 10.0 Å². The maximum Gasteiger partial charge on any atom is 0.241 e. The Labute approximate surface area is 138 Å². The predicted molar refractivity (Wildman–Crippen MR) is 92.6 cm³/mol. The highest BCUT2D eigenvalue weighted by molar-refractivity contribution is 7.89. The summed E-state index contributed by atoms with van der Waals surface area (Å²) in [6.45, 7) is 6.63. The second-order valence-electron chi connectivity index (χ2n) is 7.58. The van der Waals surface area contributed by atoms with Crippen LogP contribution in [-0.4, -0.2) is 19.4 Å². The van der Waals surface area contributed by atoms with Gasteiger partial charge in [0.05, 0.1) is 4.90 Å². The Balaban J connectivity index is 1.92. The Bertz CT molecular complexity index is 809. The fraction of sp³-hybridized carbons (Fsp3) is 0.500. The van der Waals surface area contributed by atoms with Gasteiger partial charge in [0, 0.05) is 29.2 Å². The molecule has 1 saturated carbocycles. The van der Waals surface area contributed by atoms with Gasteiger partial charge in [-0.2, -0.15) is 0 Å². The molecule has 0 aliphatic heterocycles. The molecular weight excluding hydrogens is 308 g/mol. The summed E-state index contributed by atoms with van der Waals surface area (Å²) >= 11 is 0. The minimum Gasteiger partial charge on any atom is -0.264 e. The van der Waals surface area contributed by atoms with Crippen molar-refractivity contribution in [2.24, 2.45) is 11.3 Å². The molecule has 1 aromatic heterocycles. The van der Waals surface area contributed by atoms with E-state index in [2.05, 4.69) is 30.5 Å². The van der Waals surface area contributed by atoms with Crippen LogP contribution in [0.4, 0.5) is 0 Å². The highest BCUT2D eigenvalue weighted by atomic mass is 32.2. The third kappa shape index (κ3) is 3.56. The highest BCUT2D eigenvalue weighted by Crippen LogP contribution is 2.39. The lowest BCUT2D eigenvalue weighted by Crippen LogP contribution is -2.42. The van der Waals surface area contributed by atoms with Crippen LogP contribution >= 0.6 is 0 Å². The van der Waals surface area contributed by atoms with Gasteiger partial charge in [-0.05, 0) is 42.7 Å². The summed E-state index contributed by atoms with van der Waals surface area (Å²) in [5.74, 6) is 0.531.